The molecule has 0 aliphatic rings. The fraction of sp³-hybridized carbons (Fsp3) is 0. The first kappa shape index (κ1) is 17.1. The lowest BCUT2D eigenvalue weighted by molar-refractivity contribution is -0.111. The van der Waals surface area contributed by atoms with Crippen molar-refractivity contribution >= 4 is 40.4 Å². The van der Waals surface area contributed by atoms with E-state index in [0.29, 0.717) is 28.1 Å². The number of oxazole rings is 1. The molecular formula is C20H12ClFN2O3. The molecule has 1 N–H and O–H groups in total. The number of nitrogens with zero attached hydrogens (tertiary/aromatic N) is 1. The van der Waals surface area contributed by atoms with E-state index in [0.717, 1.165) is 0 Å². The van der Waals surface area contributed by atoms with Gasteiger partial charge in [-0.2, -0.15) is 0 Å². The van der Waals surface area contributed by atoms with Crippen molar-refractivity contribution in [1.82, 2.24) is 4.98 Å². The van der Waals surface area contributed by atoms with Crippen molar-refractivity contribution in [2.45, 2.75) is 0 Å². The summed E-state index contributed by atoms with van der Waals surface area (Å²) in [6, 6.07) is 12.5. The van der Waals surface area contributed by atoms with Crippen molar-refractivity contribution in [2.24, 2.45) is 0 Å². The average molecular weight is 383 g/mol. The lowest BCUT2D eigenvalue weighted by atomic mass is 10.2. The van der Waals surface area contributed by atoms with Gasteiger partial charge >= 0.3 is 0 Å². The molecule has 0 saturated carbocycles. The van der Waals surface area contributed by atoms with Gasteiger partial charge in [0.1, 0.15) is 17.1 Å². The predicted octanol–water partition coefficient (Wildman–Crippen LogP) is 5.53. The topological polar surface area (TPSA) is 68.3 Å². The molecule has 1 amide bonds. The zero-order valence-electron chi connectivity index (χ0n) is 13.8. The van der Waals surface area contributed by atoms with Crippen molar-refractivity contribution in [3.8, 4) is 11.5 Å². The Labute approximate surface area is 158 Å². The fourth-order valence-electron chi connectivity index (χ4n) is 2.51. The Morgan fingerprint density at radius 2 is 2.07 bits per heavy atom. The number of fused-ring (bicyclic) bond motifs is 1. The van der Waals surface area contributed by atoms with Gasteiger partial charge in [-0.05, 0) is 54.6 Å². The van der Waals surface area contributed by atoms with Crippen molar-refractivity contribution in [3.05, 3.63) is 77.5 Å². The normalized spacial score (nSPS) is 11.3. The number of furan rings is 1. The molecule has 0 bridgehead atoms. The zero-order chi connectivity index (χ0) is 18.8. The maximum absolute atomic E-state index is 13.2. The van der Waals surface area contributed by atoms with Crippen LogP contribution in [0.25, 0.3) is 28.6 Å². The fourth-order valence-corrected chi connectivity index (χ4v) is 2.76. The molecule has 0 aliphatic heterocycles. The number of aromatic nitrogens is 1. The molecule has 0 aliphatic carbocycles. The molecule has 4 rings (SSSR count). The number of benzene rings is 2. The summed E-state index contributed by atoms with van der Waals surface area (Å²) in [6.45, 7) is 0. The van der Waals surface area contributed by atoms with E-state index in [4.69, 9.17) is 20.4 Å². The second-order valence-corrected chi connectivity index (χ2v) is 6.07. The molecule has 0 spiro atoms. The summed E-state index contributed by atoms with van der Waals surface area (Å²) < 4.78 is 24.0. The Kier molecular flexibility index (Phi) is 4.48. The van der Waals surface area contributed by atoms with Gasteiger partial charge in [0.2, 0.25) is 11.8 Å². The minimum absolute atomic E-state index is 0.207. The van der Waals surface area contributed by atoms with Crippen LogP contribution in [0.3, 0.4) is 0 Å². The molecule has 0 saturated heterocycles. The van der Waals surface area contributed by atoms with E-state index in [2.05, 4.69) is 10.3 Å². The number of hydrogen-bond donors (Lipinski definition) is 1. The molecule has 0 fully saturated rings. The Hall–Kier alpha value is -3.38. The number of rotatable bonds is 4. The number of halogens is 2. The minimum Gasteiger partial charge on any atom is -0.465 e. The Morgan fingerprint density at radius 3 is 2.85 bits per heavy atom. The van der Waals surface area contributed by atoms with E-state index in [-0.39, 0.29) is 16.8 Å². The number of carbonyl (C=O) groups is 1. The van der Waals surface area contributed by atoms with Crippen LogP contribution in [0.4, 0.5) is 10.1 Å². The second-order valence-electron chi connectivity index (χ2n) is 5.66. The number of amides is 1. The molecule has 27 heavy (non-hydrogen) atoms. The molecule has 4 aromatic rings. The van der Waals surface area contributed by atoms with Gasteiger partial charge in [0.05, 0.1) is 16.8 Å². The van der Waals surface area contributed by atoms with Crippen LogP contribution in [-0.4, -0.2) is 10.9 Å². The third-order valence-electron chi connectivity index (χ3n) is 3.76. The first-order valence-electron chi connectivity index (χ1n) is 7.97. The molecule has 0 unspecified atom stereocenters. The summed E-state index contributed by atoms with van der Waals surface area (Å²) in [4.78, 5) is 16.4. The number of nitrogens with one attached hydrogen (secondary N) is 1. The highest BCUT2D eigenvalue weighted by atomic mass is 35.5. The summed E-state index contributed by atoms with van der Waals surface area (Å²) in [5.74, 6) is 0.109. The van der Waals surface area contributed by atoms with Gasteiger partial charge < -0.3 is 14.2 Å². The molecule has 2 heterocycles. The van der Waals surface area contributed by atoms with Crippen molar-refractivity contribution in [2.75, 3.05) is 5.32 Å². The van der Waals surface area contributed by atoms with Crippen LogP contribution in [0.15, 0.2) is 69.7 Å². The minimum atomic E-state index is -0.438. The van der Waals surface area contributed by atoms with Crippen molar-refractivity contribution in [3.63, 3.8) is 0 Å². The van der Waals surface area contributed by atoms with Gasteiger partial charge in [0.15, 0.2) is 5.58 Å². The highest BCUT2D eigenvalue weighted by molar-refractivity contribution is 6.33. The Bertz CT molecular complexity index is 1150. The largest absolute Gasteiger partial charge is 0.465 e. The summed E-state index contributed by atoms with van der Waals surface area (Å²) in [5.41, 5.74) is 2.11. The molecule has 0 radical (unpaired) electrons. The number of carbonyl (C=O) groups excluding carboxylic acids is 1. The van der Waals surface area contributed by atoms with Crippen molar-refractivity contribution in [1.29, 1.82) is 0 Å². The molecular weight excluding hydrogens is 371 g/mol. The maximum atomic E-state index is 13.2. The zero-order valence-corrected chi connectivity index (χ0v) is 14.5. The molecule has 2 aromatic heterocycles. The number of hydrogen-bond acceptors (Lipinski definition) is 4. The van der Waals surface area contributed by atoms with Gasteiger partial charge in [-0.25, -0.2) is 9.37 Å². The van der Waals surface area contributed by atoms with E-state index >= 15 is 0 Å². The van der Waals surface area contributed by atoms with Crippen LogP contribution < -0.4 is 5.32 Å². The van der Waals surface area contributed by atoms with Crippen LogP contribution in [0.1, 0.15) is 5.76 Å². The Morgan fingerprint density at radius 1 is 1.19 bits per heavy atom. The molecule has 7 heteroatoms. The summed E-state index contributed by atoms with van der Waals surface area (Å²) in [7, 11) is 0. The van der Waals surface area contributed by atoms with E-state index in [1.165, 1.54) is 30.5 Å². The standard InChI is InChI=1S/C20H12ClFN2O3/c21-16-10-12(22)3-6-15(16)20-24-17-11-13(4-7-18(17)27-20)23-19(25)8-5-14-2-1-9-26-14/h1-11H,(H,23,25). The molecule has 5 nitrogen and oxygen atoms in total. The first-order chi connectivity index (χ1) is 13.1. The third-order valence-corrected chi connectivity index (χ3v) is 4.07. The van der Waals surface area contributed by atoms with Crippen LogP contribution >= 0.6 is 11.6 Å². The summed E-state index contributed by atoms with van der Waals surface area (Å²) >= 11 is 6.06. The first-order valence-corrected chi connectivity index (χ1v) is 8.35. The Balaban J connectivity index is 1.56. The predicted molar refractivity (Wildman–Crippen MR) is 101 cm³/mol. The van der Waals surface area contributed by atoms with Crippen LogP contribution in [-0.2, 0) is 4.79 Å². The molecule has 134 valence electrons. The van der Waals surface area contributed by atoms with Crippen LogP contribution in [0, 0.1) is 5.82 Å². The second kappa shape index (κ2) is 7.09. The highest BCUT2D eigenvalue weighted by Gasteiger charge is 2.13. The summed E-state index contributed by atoms with van der Waals surface area (Å²) in [5, 5.41) is 2.95. The SMILES string of the molecule is O=C(C=Cc1ccco1)Nc1ccc2oc(-c3ccc(F)cc3Cl)nc2c1. The molecule has 2 aromatic carbocycles. The molecule has 0 atom stereocenters. The van der Waals surface area contributed by atoms with Gasteiger partial charge in [0.25, 0.3) is 0 Å². The lowest BCUT2D eigenvalue weighted by Crippen LogP contribution is -2.07. The van der Waals surface area contributed by atoms with Crippen LogP contribution in [0.5, 0.6) is 0 Å². The van der Waals surface area contributed by atoms with Gasteiger partial charge in [-0.1, -0.05) is 11.6 Å². The smallest absolute Gasteiger partial charge is 0.248 e. The quantitative estimate of drug-likeness (QED) is 0.471. The average Bonchev–Trinajstić information content (AvgIpc) is 3.29. The van der Waals surface area contributed by atoms with Crippen molar-refractivity contribution < 1.29 is 18.0 Å². The number of anilines is 1. The summed E-state index contributed by atoms with van der Waals surface area (Å²) in [6.07, 6.45) is 4.47. The van der Waals surface area contributed by atoms with Gasteiger partial charge in [0, 0.05) is 11.8 Å². The highest BCUT2D eigenvalue weighted by Crippen LogP contribution is 2.31. The third kappa shape index (κ3) is 3.75. The van der Waals surface area contributed by atoms with Gasteiger partial charge in [-0.3, -0.25) is 4.79 Å². The lowest BCUT2D eigenvalue weighted by Gasteiger charge is -2.00. The van der Waals surface area contributed by atoms with E-state index in [9.17, 15) is 9.18 Å². The van der Waals surface area contributed by atoms with Crippen LogP contribution in [0.2, 0.25) is 5.02 Å². The monoisotopic (exact) mass is 382 g/mol. The van der Waals surface area contributed by atoms with E-state index in [1.54, 1.807) is 36.4 Å². The maximum Gasteiger partial charge on any atom is 0.248 e. The van der Waals surface area contributed by atoms with Gasteiger partial charge in [-0.15, -0.1) is 0 Å². The van der Waals surface area contributed by atoms with E-state index < -0.39 is 5.82 Å². The van der Waals surface area contributed by atoms with E-state index in [1.807, 2.05) is 0 Å².